The van der Waals surface area contributed by atoms with Crippen LogP contribution in [0.4, 0.5) is 0 Å². The predicted molar refractivity (Wildman–Crippen MR) is 75.5 cm³/mol. The Morgan fingerprint density at radius 2 is 2.05 bits per heavy atom. The second-order valence-electron chi connectivity index (χ2n) is 4.31. The van der Waals surface area contributed by atoms with Crippen LogP contribution in [0.3, 0.4) is 0 Å². The number of phenolic OH excluding ortho intramolecular Hbond substituents is 1. The average Bonchev–Trinajstić information content (AvgIpc) is 2.36. The van der Waals surface area contributed by atoms with Crippen LogP contribution in [-0.2, 0) is 6.54 Å². The first-order valence-electron chi connectivity index (χ1n) is 5.88. The van der Waals surface area contributed by atoms with E-state index in [1.165, 1.54) is 6.07 Å². The standard InChI is InChI=1S/C15H14ClNO2/c1-10-7-13(18)5-6-14(10)15(19)17-9-11-3-2-4-12(16)8-11/h2-8,18H,9H2,1H3,(H,17,19). The van der Waals surface area contributed by atoms with Crippen molar-refractivity contribution in [2.75, 3.05) is 0 Å². The van der Waals surface area contributed by atoms with Gasteiger partial charge >= 0.3 is 0 Å². The van der Waals surface area contributed by atoms with Crippen molar-refractivity contribution < 1.29 is 9.90 Å². The van der Waals surface area contributed by atoms with Crippen molar-refractivity contribution in [1.29, 1.82) is 0 Å². The smallest absolute Gasteiger partial charge is 0.251 e. The van der Waals surface area contributed by atoms with Crippen LogP contribution in [0.15, 0.2) is 42.5 Å². The molecule has 3 nitrogen and oxygen atoms in total. The van der Waals surface area contributed by atoms with Gasteiger partial charge < -0.3 is 10.4 Å². The molecule has 4 heteroatoms. The highest BCUT2D eigenvalue weighted by Gasteiger charge is 2.09. The lowest BCUT2D eigenvalue weighted by atomic mass is 10.1. The molecule has 0 aromatic heterocycles. The number of hydrogen-bond donors (Lipinski definition) is 2. The number of nitrogens with one attached hydrogen (secondary N) is 1. The Balaban J connectivity index is 2.05. The first-order valence-corrected chi connectivity index (χ1v) is 6.26. The molecule has 0 atom stereocenters. The van der Waals surface area contributed by atoms with Gasteiger partial charge in [0.05, 0.1) is 0 Å². The summed E-state index contributed by atoms with van der Waals surface area (Å²) >= 11 is 5.88. The van der Waals surface area contributed by atoms with Gasteiger partial charge in [-0.1, -0.05) is 23.7 Å². The van der Waals surface area contributed by atoms with Gasteiger partial charge in [-0.2, -0.15) is 0 Å². The molecule has 0 unspecified atom stereocenters. The normalized spacial score (nSPS) is 10.2. The number of halogens is 1. The van der Waals surface area contributed by atoms with E-state index in [1.807, 2.05) is 18.2 Å². The number of carbonyl (C=O) groups excluding carboxylic acids is 1. The van der Waals surface area contributed by atoms with Crippen LogP contribution in [-0.4, -0.2) is 11.0 Å². The molecule has 0 aliphatic heterocycles. The van der Waals surface area contributed by atoms with Crippen molar-refractivity contribution in [3.8, 4) is 5.75 Å². The molecule has 0 saturated carbocycles. The number of carbonyl (C=O) groups is 1. The van der Waals surface area contributed by atoms with E-state index in [9.17, 15) is 9.90 Å². The quantitative estimate of drug-likeness (QED) is 0.903. The van der Waals surface area contributed by atoms with Gasteiger partial charge in [0.1, 0.15) is 5.75 Å². The molecular weight excluding hydrogens is 262 g/mol. The summed E-state index contributed by atoms with van der Waals surface area (Å²) in [5, 5.41) is 12.8. The molecule has 1 amide bonds. The van der Waals surface area contributed by atoms with Gasteiger partial charge in [0, 0.05) is 17.1 Å². The van der Waals surface area contributed by atoms with E-state index >= 15 is 0 Å². The molecule has 2 rings (SSSR count). The number of hydrogen-bond acceptors (Lipinski definition) is 2. The zero-order chi connectivity index (χ0) is 13.8. The Morgan fingerprint density at radius 1 is 1.26 bits per heavy atom. The maximum absolute atomic E-state index is 12.0. The summed E-state index contributed by atoms with van der Waals surface area (Å²) in [6, 6.07) is 12.0. The Hall–Kier alpha value is -2.00. The fraction of sp³-hybridized carbons (Fsp3) is 0.133. The second-order valence-corrected chi connectivity index (χ2v) is 4.75. The summed E-state index contributed by atoms with van der Waals surface area (Å²) in [7, 11) is 0. The SMILES string of the molecule is Cc1cc(O)ccc1C(=O)NCc1cccc(Cl)c1. The highest BCUT2D eigenvalue weighted by molar-refractivity contribution is 6.30. The van der Waals surface area contributed by atoms with Crippen molar-refractivity contribution in [2.45, 2.75) is 13.5 Å². The zero-order valence-electron chi connectivity index (χ0n) is 10.5. The Kier molecular flexibility index (Phi) is 4.07. The van der Waals surface area contributed by atoms with Gasteiger partial charge in [-0.05, 0) is 48.4 Å². The lowest BCUT2D eigenvalue weighted by Crippen LogP contribution is -2.23. The lowest BCUT2D eigenvalue weighted by Gasteiger charge is -2.08. The van der Waals surface area contributed by atoms with Gasteiger partial charge in [-0.25, -0.2) is 0 Å². The molecule has 0 aliphatic carbocycles. The van der Waals surface area contributed by atoms with E-state index in [2.05, 4.69) is 5.32 Å². The lowest BCUT2D eigenvalue weighted by molar-refractivity contribution is 0.0950. The highest BCUT2D eigenvalue weighted by Crippen LogP contribution is 2.16. The summed E-state index contributed by atoms with van der Waals surface area (Å²) in [6.45, 7) is 2.20. The summed E-state index contributed by atoms with van der Waals surface area (Å²) < 4.78 is 0. The summed E-state index contributed by atoms with van der Waals surface area (Å²) in [5.74, 6) is -0.0126. The van der Waals surface area contributed by atoms with Crippen LogP contribution in [0.5, 0.6) is 5.75 Å². The van der Waals surface area contributed by atoms with E-state index in [4.69, 9.17) is 11.6 Å². The van der Waals surface area contributed by atoms with E-state index in [0.717, 1.165) is 11.1 Å². The molecule has 98 valence electrons. The number of amides is 1. The third-order valence-corrected chi connectivity index (χ3v) is 3.03. The molecule has 19 heavy (non-hydrogen) atoms. The van der Waals surface area contributed by atoms with Crippen LogP contribution in [0.25, 0.3) is 0 Å². The Morgan fingerprint density at radius 3 is 2.74 bits per heavy atom. The minimum absolute atomic E-state index is 0.156. The molecule has 2 aromatic rings. The van der Waals surface area contributed by atoms with Crippen LogP contribution in [0.1, 0.15) is 21.5 Å². The van der Waals surface area contributed by atoms with Gasteiger partial charge in [-0.3, -0.25) is 4.79 Å². The monoisotopic (exact) mass is 275 g/mol. The molecule has 2 N–H and O–H groups in total. The van der Waals surface area contributed by atoms with Gasteiger partial charge in [0.25, 0.3) is 5.91 Å². The first kappa shape index (κ1) is 13.4. The summed E-state index contributed by atoms with van der Waals surface area (Å²) in [4.78, 5) is 12.0. The molecule has 0 radical (unpaired) electrons. The van der Waals surface area contributed by atoms with Crippen LogP contribution < -0.4 is 5.32 Å². The Bertz CT molecular complexity index is 611. The average molecular weight is 276 g/mol. The van der Waals surface area contributed by atoms with Crippen LogP contribution in [0.2, 0.25) is 5.02 Å². The molecule has 0 bridgehead atoms. The third-order valence-electron chi connectivity index (χ3n) is 2.80. The van der Waals surface area contributed by atoms with Crippen molar-refractivity contribution in [3.05, 3.63) is 64.2 Å². The van der Waals surface area contributed by atoms with E-state index in [1.54, 1.807) is 25.1 Å². The topological polar surface area (TPSA) is 49.3 Å². The number of rotatable bonds is 3. The number of aryl methyl sites for hydroxylation is 1. The molecule has 2 aromatic carbocycles. The highest BCUT2D eigenvalue weighted by atomic mass is 35.5. The maximum atomic E-state index is 12.0. The molecular formula is C15H14ClNO2. The minimum atomic E-state index is -0.169. The minimum Gasteiger partial charge on any atom is -0.508 e. The largest absolute Gasteiger partial charge is 0.508 e. The van der Waals surface area contributed by atoms with E-state index in [0.29, 0.717) is 17.1 Å². The third kappa shape index (κ3) is 3.48. The van der Waals surface area contributed by atoms with E-state index < -0.39 is 0 Å². The van der Waals surface area contributed by atoms with Crippen LogP contribution in [0, 0.1) is 6.92 Å². The summed E-state index contributed by atoms with van der Waals surface area (Å²) in [5.41, 5.74) is 2.24. The first-order chi connectivity index (χ1) is 9.06. The number of benzene rings is 2. The number of aromatic hydroxyl groups is 1. The van der Waals surface area contributed by atoms with Gasteiger partial charge in [0.15, 0.2) is 0 Å². The molecule has 0 spiro atoms. The maximum Gasteiger partial charge on any atom is 0.251 e. The second kappa shape index (κ2) is 5.76. The van der Waals surface area contributed by atoms with Crippen molar-refractivity contribution in [2.24, 2.45) is 0 Å². The fourth-order valence-corrected chi connectivity index (χ4v) is 2.04. The molecule has 0 fully saturated rings. The molecule has 0 saturated heterocycles. The zero-order valence-corrected chi connectivity index (χ0v) is 11.2. The van der Waals surface area contributed by atoms with Gasteiger partial charge in [-0.15, -0.1) is 0 Å². The van der Waals surface area contributed by atoms with Crippen molar-refractivity contribution in [3.63, 3.8) is 0 Å². The van der Waals surface area contributed by atoms with E-state index in [-0.39, 0.29) is 11.7 Å². The number of phenols is 1. The summed E-state index contributed by atoms with van der Waals surface area (Å²) in [6.07, 6.45) is 0. The van der Waals surface area contributed by atoms with Crippen molar-refractivity contribution >= 4 is 17.5 Å². The molecule has 0 aliphatic rings. The van der Waals surface area contributed by atoms with Crippen molar-refractivity contribution in [1.82, 2.24) is 5.32 Å². The molecule has 0 heterocycles. The Labute approximate surface area is 116 Å². The van der Waals surface area contributed by atoms with Crippen LogP contribution >= 0.6 is 11.6 Å². The predicted octanol–water partition coefficient (Wildman–Crippen LogP) is 3.28. The van der Waals surface area contributed by atoms with Gasteiger partial charge in [0.2, 0.25) is 0 Å². The fourth-order valence-electron chi connectivity index (χ4n) is 1.83.